The molecule has 5 rings (SSSR count). The molecular formula is C34H36N6O4S2. The van der Waals surface area contributed by atoms with E-state index in [4.69, 9.17) is 9.47 Å². The van der Waals surface area contributed by atoms with Crippen molar-refractivity contribution in [2.75, 3.05) is 37.1 Å². The van der Waals surface area contributed by atoms with Crippen LogP contribution in [0.1, 0.15) is 16.7 Å². The maximum absolute atomic E-state index is 13.4. The van der Waals surface area contributed by atoms with Gasteiger partial charge in [-0.05, 0) is 35.6 Å². The van der Waals surface area contributed by atoms with Crippen molar-refractivity contribution in [3.8, 4) is 0 Å². The van der Waals surface area contributed by atoms with Gasteiger partial charge in [-0.2, -0.15) is 0 Å². The van der Waals surface area contributed by atoms with Crippen molar-refractivity contribution in [2.24, 2.45) is 0 Å². The summed E-state index contributed by atoms with van der Waals surface area (Å²) in [6.07, 6.45) is 7.16. The zero-order valence-electron chi connectivity index (χ0n) is 25.7. The van der Waals surface area contributed by atoms with E-state index in [9.17, 15) is 9.59 Å². The first-order valence-electron chi connectivity index (χ1n) is 14.8. The summed E-state index contributed by atoms with van der Waals surface area (Å²) in [5.41, 5.74) is 6.57. The Kier molecular flexibility index (Phi) is 11.8. The second kappa shape index (κ2) is 16.6. The highest BCUT2D eigenvalue weighted by Gasteiger charge is 2.33. The summed E-state index contributed by atoms with van der Waals surface area (Å²) >= 11 is 2.76. The van der Waals surface area contributed by atoms with Crippen LogP contribution in [0.3, 0.4) is 0 Å². The number of nitrogens with zero attached hydrogens (tertiary/aromatic N) is 6. The Bertz CT molecular complexity index is 1510. The molecule has 0 fully saturated rings. The number of ether oxygens (including phenoxy) is 2. The zero-order valence-corrected chi connectivity index (χ0v) is 27.3. The molecule has 0 spiro atoms. The zero-order chi connectivity index (χ0) is 32.1. The van der Waals surface area contributed by atoms with Crippen molar-refractivity contribution in [3.63, 3.8) is 0 Å². The molecule has 46 heavy (non-hydrogen) atoms. The average Bonchev–Trinajstić information content (AvgIpc) is 3.82. The fourth-order valence-corrected chi connectivity index (χ4v) is 6.86. The number of hydrogen-bond acceptors (Lipinski definition) is 10. The lowest BCUT2D eigenvalue weighted by Crippen LogP contribution is -2.53. The molecule has 3 aromatic heterocycles. The molecule has 0 bridgehead atoms. The van der Waals surface area contributed by atoms with Crippen molar-refractivity contribution in [2.45, 2.75) is 31.5 Å². The maximum atomic E-state index is 13.4. The molecule has 10 nitrogen and oxygen atoms in total. The van der Waals surface area contributed by atoms with Crippen LogP contribution in [0.5, 0.6) is 0 Å². The van der Waals surface area contributed by atoms with Gasteiger partial charge in [-0.1, -0.05) is 66.7 Å². The Morgan fingerprint density at radius 1 is 0.652 bits per heavy atom. The number of pyridine rings is 1. The molecule has 0 aliphatic rings. The Morgan fingerprint density at radius 2 is 1.13 bits per heavy atom. The summed E-state index contributed by atoms with van der Waals surface area (Å²) in [5, 5.41) is 1.38. The van der Waals surface area contributed by atoms with Gasteiger partial charge in [0, 0.05) is 32.0 Å². The molecule has 0 N–H and O–H groups in total. The topological polar surface area (TPSA) is 101 Å². The maximum Gasteiger partial charge on any atom is 0.415 e. The van der Waals surface area contributed by atoms with Crippen LogP contribution < -0.4 is 9.80 Å². The molecule has 0 saturated heterocycles. The van der Waals surface area contributed by atoms with E-state index >= 15 is 0 Å². The molecule has 0 unspecified atom stereocenters. The van der Waals surface area contributed by atoms with Gasteiger partial charge in [0.1, 0.15) is 10.0 Å². The Labute approximate surface area is 276 Å². The number of thiazole rings is 2. The number of carbonyl (C=O) groups excluding carboxylic acids is 2. The summed E-state index contributed by atoms with van der Waals surface area (Å²) in [5.74, 6) is 0. The molecule has 3 heterocycles. The predicted octanol–water partition coefficient (Wildman–Crippen LogP) is 6.57. The van der Waals surface area contributed by atoms with Gasteiger partial charge in [0.25, 0.3) is 0 Å². The highest BCUT2D eigenvalue weighted by molar-refractivity contribution is 7.14. The smallest absolute Gasteiger partial charge is 0.415 e. The fraction of sp³-hybridized carbons (Fsp3) is 0.265. The van der Waals surface area contributed by atoms with E-state index in [0.29, 0.717) is 42.5 Å². The number of methoxy groups -OCH3 is 2. The number of anilines is 2. The molecule has 0 saturated carbocycles. The van der Waals surface area contributed by atoms with Gasteiger partial charge in [-0.3, -0.25) is 29.7 Å². The van der Waals surface area contributed by atoms with Crippen molar-refractivity contribution in [3.05, 3.63) is 125 Å². The minimum absolute atomic E-state index is 0.334. The highest BCUT2D eigenvalue weighted by atomic mass is 32.1. The minimum Gasteiger partial charge on any atom is -0.452 e. The van der Waals surface area contributed by atoms with E-state index in [1.165, 1.54) is 36.9 Å². The molecule has 0 radical (unpaired) electrons. The van der Waals surface area contributed by atoms with Gasteiger partial charge < -0.3 is 9.47 Å². The second-order valence-electron chi connectivity index (χ2n) is 10.6. The van der Waals surface area contributed by atoms with E-state index in [1.807, 2.05) is 54.7 Å². The summed E-state index contributed by atoms with van der Waals surface area (Å²) in [6.45, 7) is 1.44. The van der Waals surface area contributed by atoms with Crippen LogP contribution in [0.25, 0.3) is 0 Å². The van der Waals surface area contributed by atoms with Crippen LogP contribution in [0.2, 0.25) is 0 Å². The number of aromatic nitrogens is 3. The monoisotopic (exact) mass is 656 g/mol. The summed E-state index contributed by atoms with van der Waals surface area (Å²) < 4.78 is 10.6. The first-order chi connectivity index (χ1) is 22.6. The number of carbonyl (C=O) groups is 2. The van der Waals surface area contributed by atoms with Gasteiger partial charge in [0.05, 0.1) is 49.7 Å². The van der Waals surface area contributed by atoms with E-state index in [2.05, 4.69) is 44.1 Å². The van der Waals surface area contributed by atoms with Crippen LogP contribution in [-0.2, 0) is 28.9 Å². The summed E-state index contributed by atoms with van der Waals surface area (Å²) in [6, 6.07) is 23.4. The minimum atomic E-state index is -0.465. The van der Waals surface area contributed by atoms with E-state index in [1.54, 1.807) is 39.4 Å². The van der Waals surface area contributed by atoms with Crippen LogP contribution in [0.4, 0.5) is 19.6 Å². The molecule has 0 aliphatic carbocycles. The number of benzene rings is 2. The van der Waals surface area contributed by atoms with Crippen molar-refractivity contribution < 1.29 is 19.1 Å². The van der Waals surface area contributed by atoms with Crippen molar-refractivity contribution in [1.29, 1.82) is 0 Å². The summed E-state index contributed by atoms with van der Waals surface area (Å²) in [7, 11) is 2.78. The first kappa shape index (κ1) is 32.7. The predicted molar refractivity (Wildman–Crippen MR) is 181 cm³/mol. The molecule has 5 aromatic rings. The molecular weight excluding hydrogens is 621 g/mol. The highest BCUT2D eigenvalue weighted by Crippen LogP contribution is 2.28. The third-order valence-corrected chi connectivity index (χ3v) is 9.02. The number of amides is 2. The molecule has 238 valence electrons. The van der Waals surface area contributed by atoms with E-state index < -0.39 is 12.2 Å². The van der Waals surface area contributed by atoms with Crippen LogP contribution >= 0.6 is 22.7 Å². The SMILES string of the molecule is COC(=O)N(c1cncs1)[C@@H](Cc1ccccc1)CN(Cc1cccnc1)C[C@H](Cc1ccccc1)N(C(=O)OC)c1cncs1. The standard InChI is InChI=1S/C34H36N6O4S2/c1-43-33(41)39(31-19-36-24-45-31)29(16-26-10-5-3-6-11-26)22-38(21-28-14-9-15-35-18-28)23-30(17-27-12-7-4-8-13-27)40(34(42)44-2)32-20-37-25-46-32/h3-15,18-20,24-25,29-30H,16-17,21-23H2,1-2H3/t29-,30-/m0/s1. The molecule has 0 aliphatic heterocycles. The van der Waals surface area contributed by atoms with Gasteiger partial charge in [0.2, 0.25) is 0 Å². The molecule has 2 atom stereocenters. The number of hydrogen-bond donors (Lipinski definition) is 0. The lowest BCUT2D eigenvalue weighted by molar-refractivity contribution is 0.165. The number of rotatable bonds is 14. The first-order valence-corrected chi connectivity index (χ1v) is 16.5. The van der Waals surface area contributed by atoms with Gasteiger partial charge in [-0.25, -0.2) is 9.59 Å². The Balaban J connectivity index is 1.56. The van der Waals surface area contributed by atoms with Gasteiger partial charge in [0.15, 0.2) is 0 Å². The lowest BCUT2D eigenvalue weighted by Gasteiger charge is -2.38. The summed E-state index contributed by atoms with van der Waals surface area (Å²) in [4.78, 5) is 45.3. The second-order valence-corrected chi connectivity index (χ2v) is 12.3. The van der Waals surface area contributed by atoms with Gasteiger partial charge >= 0.3 is 12.2 Å². The van der Waals surface area contributed by atoms with Crippen molar-refractivity contribution in [1.82, 2.24) is 19.9 Å². The fourth-order valence-electron chi connectivity index (χ4n) is 5.49. The van der Waals surface area contributed by atoms with Crippen molar-refractivity contribution >= 4 is 44.9 Å². The largest absolute Gasteiger partial charge is 0.452 e. The van der Waals surface area contributed by atoms with E-state index in [-0.39, 0.29) is 12.1 Å². The van der Waals surface area contributed by atoms with Gasteiger partial charge in [-0.15, -0.1) is 22.7 Å². The normalized spacial score (nSPS) is 12.3. The molecule has 2 amide bonds. The Morgan fingerprint density at radius 3 is 1.52 bits per heavy atom. The quantitative estimate of drug-likeness (QED) is 0.132. The third kappa shape index (κ3) is 8.75. The van der Waals surface area contributed by atoms with E-state index in [0.717, 1.165) is 16.7 Å². The molecule has 2 aromatic carbocycles. The Hall–Kier alpha value is -4.65. The lowest BCUT2D eigenvalue weighted by atomic mass is 10.0. The van der Waals surface area contributed by atoms with Crippen LogP contribution in [0.15, 0.2) is 109 Å². The third-order valence-electron chi connectivity index (χ3n) is 7.48. The van der Waals surface area contributed by atoms with Crippen LogP contribution in [0, 0.1) is 0 Å². The van der Waals surface area contributed by atoms with Crippen LogP contribution in [-0.4, -0.2) is 71.4 Å². The average molecular weight is 657 g/mol. The molecule has 12 heteroatoms.